The van der Waals surface area contributed by atoms with Crippen molar-refractivity contribution >= 4 is 11.9 Å². The number of benzene rings is 1. The lowest BCUT2D eigenvalue weighted by Gasteiger charge is -2.07. The predicted octanol–water partition coefficient (Wildman–Crippen LogP) is 1.44. The first-order valence-corrected chi connectivity index (χ1v) is 6.67. The van der Waals surface area contributed by atoms with Crippen LogP contribution < -0.4 is 5.32 Å². The Labute approximate surface area is 116 Å². The van der Waals surface area contributed by atoms with Crippen molar-refractivity contribution in [1.29, 1.82) is 0 Å². The summed E-state index contributed by atoms with van der Waals surface area (Å²) in [4.78, 5) is 15.9. The summed E-state index contributed by atoms with van der Waals surface area (Å²) in [5.74, 6) is 0.154. The Morgan fingerprint density at radius 2 is 2.25 bits per heavy atom. The summed E-state index contributed by atoms with van der Waals surface area (Å²) in [5, 5.41) is 6.92. The van der Waals surface area contributed by atoms with E-state index in [1.54, 1.807) is 11.0 Å². The van der Waals surface area contributed by atoms with Crippen LogP contribution in [-0.4, -0.2) is 33.4 Å². The third-order valence-corrected chi connectivity index (χ3v) is 3.18. The van der Waals surface area contributed by atoms with E-state index in [9.17, 15) is 4.79 Å². The zero-order chi connectivity index (χ0) is 13.8. The number of hydrogen-bond donors (Lipinski definition) is 1. The SMILES string of the molecule is O=C(Nc1ncn(Cc2ccccc2)n1)[C@@H]1CCCO1. The molecule has 0 unspecified atom stereocenters. The molecule has 0 bridgehead atoms. The highest BCUT2D eigenvalue weighted by Crippen LogP contribution is 2.13. The first-order chi connectivity index (χ1) is 9.81. The minimum absolute atomic E-state index is 0.167. The van der Waals surface area contributed by atoms with Gasteiger partial charge in [-0.2, -0.15) is 0 Å². The predicted molar refractivity (Wildman–Crippen MR) is 73.2 cm³/mol. The van der Waals surface area contributed by atoms with Crippen LogP contribution in [0.4, 0.5) is 5.95 Å². The normalized spacial score (nSPS) is 18.1. The molecule has 0 aliphatic carbocycles. The van der Waals surface area contributed by atoms with Crippen molar-refractivity contribution in [3.05, 3.63) is 42.2 Å². The summed E-state index contributed by atoms with van der Waals surface area (Å²) in [6, 6.07) is 9.97. The number of aromatic nitrogens is 3. The van der Waals surface area contributed by atoms with Gasteiger partial charge < -0.3 is 4.74 Å². The number of anilines is 1. The Morgan fingerprint density at radius 3 is 3.00 bits per heavy atom. The van der Waals surface area contributed by atoms with Crippen LogP contribution in [0.3, 0.4) is 0 Å². The van der Waals surface area contributed by atoms with Gasteiger partial charge in [0.2, 0.25) is 5.95 Å². The molecule has 1 N–H and O–H groups in total. The second kappa shape index (κ2) is 5.83. The first-order valence-electron chi connectivity index (χ1n) is 6.67. The van der Waals surface area contributed by atoms with Crippen molar-refractivity contribution in [2.75, 3.05) is 11.9 Å². The third-order valence-electron chi connectivity index (χ3n) is 3.18. The first kappa shape index (κ1) is 12.8. The number of nitrogens with zero attached hydrogens (tertiary/aromatic N) is 3. The Hall–Kier alpha value is -2.21. The fourth-order valence-corrected chi connectivity index (χ4v) is 2.17. The molecule has 6 nitrogen and oxygen atoms in total. The number of ether oxygens (including phenoxy) is 1. The number of rotatable bonds is 4. The molecule has 0 saturated carbocycles. The van der Waals surface area contributed by atoms with Gasteiger partial charge >= 0.3 is 0 Å². The summed E-state index contributed by atoms with van der Waals surface area (Å²) in [6.07, 6.45) is 2.93. The minimum atomic E-state index is -0.365. The molecule has 6 heteroatoms. The van der Waals surface area contributed by atoms with Gasteiger partial charge in [0.25, 0.3) is 5.91 Å². The maximum atomic E-state index is 11.9. The van der Waals surface area contributed by atoms with Crippen LogP contribution in [0.5, 0.6) is 0 Å². The van der Waals surface area contributed by atoms with Gasteiger partial charge in [0.1, 0.15) is 12.4 Å². The van der Waals surface area contributed by atoms with E-state index in [-0.39, 0.29) is 12.0 Å². The zero-order valence-corrected chi connectivity index (χ0v) is 11.0. The molecule has 1 aromatic heterocycles. The molecule has 1 amide bonds. The Kier molecular flexibility index (Phi) is 3.73. The van der Waals surface area contributed by atoms with Crippen molar-refractivity contribution in [3.63, 3.8) is 0 Å². The van der Waals surface area contributed by atoms with E-state index in [0.717, 1.165) is 18.4 Å². The van der Waals surface area contributed by atoms with Gasteiger partial charge in [-0.1, -0.05) is 30.3 Å². The smallest absolute Gasteiger partial charge is 0.255 e. The lowest BCUT2D eigenvalue weighted by Crippen LogP contribution is -2.27. The van der Waals surface area contributed by atoms with E-state index < -0.39 is 0 Å². The maximum absolute atomic E-state index is 11.9. The standard InChI is InChI=1S/C14H16N4O2/c19-13(12-7-4-8-20-12)16-14-15-10-18(17-14)9-11-5-2-1-3-6-11/h1-3,5-6,10,12H,4,7-9H2,(H,16,17,19)/t12-/m0/s1. The Balaban J connectivity index is 1.60. The molecular weight excluding hydrogens is 256 g/mol. The summed E-state index contributed by atoms with van der Waals surface area (Å²) in [6.45, 7) is 1.28. The highest BCUT2D eigenvalue weighted by atomic mass is 16.5. The van der Waals surface area contributed by atoms with Gasteiger partial charge in [0.05, 0.1) is 6.54 Å². The van der Waals surface area contributed by atoms with Crippen molar-refractivity contribution in [2.24, 2.45) is 0 Å². The Bertz CT molecular complexity index is 576. The monoisotopic (exact) mass is 272 g/mol. The molecule has 1 atom stereocenters. The maximum Gasteiger partial charge on any atom is 0.255 e. The fourth-order valence-electron chi connectivity index (χ4n) is 2.17. The third kappa shape index (κ3) is 3.03. The van der Waals surface area contributed by atoms with Crippen molar-refractivity contribution in [2.45, 2.75) is 25.5 Å². The summed E-state index contributed by atoms with van der Waals surface area (Å²) < 4.78 is 7.01. The van der Waals surface area contributed by atoms with Crippen molar-refractivity contribution < 1.29 is 9.53 Å². The highest BCUT2D eigenvalue weighted by Gasteiger charge is 2.24. The van der Waals surface area contributed by atoms with E-state index >= 15 is 0 Å². The van der Waals surface area contributed by atoms with Crippen molar-refractivity contribution in [1.82, 2.24) is 14.8 Å². The molecule has 3 rings (SSSR count). The summed E-state index contributed by atoms with van der Waals surface area (Å²) in [5.41, 5.74) is 1.13. The molecule has 2 heterocycles. The van der Waals surface area contributed by atoms with E-state index in [4.69, 9.17) is 4.74 Å². The molecule has 1 aliphatic heterocycles. The van der Waals surface area contributed by atoms with E-state index in [0.29, 0.717) is 19.1 Å². The number of carbonyl (C=O) groups is 1. The van der Waals surface area contributed by atoms with Gasteiger partial charge in [-0.05, 0) is 18.4 Å². The van der Waals surface area contributed by atoms with Gasteiger partial charge in [-0.3, -0.25) is 10.1 Å². The lowest BCUT2D eigenvalue weighted by atomic mass is 10.2. The van der Waals surface area contributed by atoms with Gasteiger partial charge in [-0.25, -0.2) is 9.67 Å². The minimum Gasteiger partial charge on any atom is -0.368 e. The van der Waals surface area contributed by atoms with Crippen LogP contribution in [0, 0.1) is 0 Å². The highest BCUT2D eigenvalue weighted by molar-refractivity contribution is 5.92. The van der Waals surface area contributed by atoms with E-state index in [1.807, 2.05) is 30.3 Å². The molecule has 0 spiro atoms. The molecule has 1 aromatic carbocycles. The average Bonchev–Trinajstić information content (AvgIpc) is 3.11. The van der Waals surface area contributed by atoms with Gasteiger partial charge in [0, 0.05) is 6.61 Å². The van der Waals surface area contributed by atoms with Crippen LogP contribution in [0.2, 0.25) is 0 Å². The number of hydrogen-bond acceptors (Lipinski definition) is 4. The molecule has 0 radical (unpaired) electrons. The number of amides is 1. The number of carbonyl (C=O) groups excluding carboxylic acids is 1. The molecular formula is C14H16N4O2. The lowest BCUT2D eigenvalue weighted by molar-refractivity contribution is -0.124. The molecule has 1 aliphatic rings. The zero-order valence-electron chi connectivity index (χ0n) is 11.0. The van der Waals surface area contributed by atoms with Crippen LogP contribution in [0.25, 0.3) is 0 Å². The van der Waals surface area contributed by atoms with E-state index in [1.165, 1.54) is 0 Å². The van der Waals surface area contributed by atoms with Crippen molar-refractivity contribution in [3.8, 4) is 0 Å². The second-order valence-corrected chi connectivity index (χ2v) is 4.74. The fraction of sp³-hybridized carbons (Fsp3) is 0.357. The molecule has 2 aromatic rings. The molecule has 104 valence electrons. The summed E-state index contributed by atoms with van der Waals surface area (Å²) >= 11 is 0. The van der Waals surface area contributed by atoms with E-state index in [2.05, 4.69) is 15.4 Å². The Morgan fingerprint density at radius 1 is 1.40 bits per heavy atom. The van der Waals surface area contributed by atoms with Gasteiger partial charge in [-0.15, -0.1) is 5.10 Å². The van der Waals surface area contributed by atoms with Crippen LogP contribution in [0.15, 0.2) is 36.7 Å². The molecule has 1 saturated heterocycles. The second-order valence-electron chi connectivity index (χ2n) is 4.74. The summed E-state index contributed by atoms with van der Waals surface area (Å²) in [7, 11) is 0. The quantitative estimate of drug-likeness (QED) is 0.914. The van der Waals surface area contributed by atoms with Gasteiger partial charge in [0.15, 0.2) is 0 Å². The molecule has 20 heavy (non-hydrogen) atoms. The molecule has 1 fully saturated rings. The number of nitrogens with one attached hydrogen (secondary N) is 1. The topological polar surface area (TPSA) is 69.0 Å². The van der Waals surface area contributed by atoms with Crippen LogP contribution in [-0.2, 0) is 16.1 Å². The van der Waals surface area contributed by atoms with Crippen LogP contribution in [0.1, 0.15) is 18.4 Å². The largest absolute Gasteiger partial charge is 0.368 e. The average molecular weight is 272 g/mol. The van der Waals surface area contributed by atoms with Crippen LogP contribution >= 0.6 is 0 Å².